The first kappa shape index (κ1) is 40.6. The molecule has 1 atom stereocenters. The van der Waals surface area contributed by atoms with Crippen molar-refractivity contribution in [1.82, 2.24) is 19.3 Å². The molecule has 0 radical (unpaired) electrons. The van der Waals surface area contributed by atoms with E-state index in [1.807, 2.05) is 41.4 Å². The molecule has 0 bridgehead atoms. The number of piperazine rings is 1. The van der Waals surface area contributed by atoms with Crippen LogP contribution >= 0.6 is 0 Å². The van der Waals surface area contributed by atoms with Crippen LogP contribution in [0.1, 0.15) is 48.9 Å². The van der Waals surface area contributed by atoms with Gasteiger partial charge in [-0.05, 0) is 128 Å². The molecule has 1 amide bonds. The number of carbonyl (C=O) groups excluding carboxylic acids is 1. The minimum absolute atomic E-state index is 0.0281. The number of methoxy groups -OCH3 is 3. The number of fused-ring (bicyclic) bond motifs is 5. The minimum Gasteiger partial charge on any atom is -0.497 e. The monoisotopic (exact) mass is 819 g/mol. The van der Waals surface area contributed by atoms with Crippen molar-refractivity contribution in [3.8, 4) is 45.3 Å². The van der Waals surface area contributed by atoms with Crippen LogP contribution in [-0.4, -0.2) is 111 Å². The van der Waals surface area contributed by atoms with Crippen molar-refractivity contribution in [2.24, 2.45) is 4.99 Å². The van der Waals surface area contributed by atoms with Crippen LogP contribution in [0, 0.1) is 0 Å². The van der Waals surface area contributed by atoms with E-state index < -0.39 is 0 Å². The Morgan fingerprint density at radius 2 is 1.15 bits per heavy atom. The van der Waals surface area contributed by atoms with E-state index in [1.165, 1.54) is 44.1 Å². The fourth-order valence-corrected chi connectivity index (χ4v) is 9.35. The normalized spacial score (nSPS) is 16.8. The van der Waals surface area contributed by atoms with E-state index in [2.05, 4.69) is 80.0 Å². The summed E-state index contributed by atoms with van der Waals surface area (Å²) in [5.74, 6) is 2.99. The van der Waals surface area contributed by atoms with E-state index >= 15 is 0 Å². The largest absolute Gasteiger partial charge is 0.497 e. The van der Waals surface area contributed by atoms with Crippen molar-refractivity contribution < 1.29 is 23.7 Å². The van der Waals surface area contributed by atoms with Gasteiger partial charge in [0, 0.05) is 73.4 Å². The molecule has 0 aliphatic carbocycles. The number of aliphatic imine (C=N–C) groups is 1. The Bertz CT molecular complexity index is 2400. The van der Waals surface area contributed by atoms with Crippen molar-refractivity contribution in [2.75, 3.05) is 73.7 Å². The first-order valence-corrected chi connectivity index (χ1v) is 22.0. The summed E-state index contributed by atoms with van der Waals surface area (Å²) in [6, 6.07) is 34.2. The highest BCUT2D eigenvalue weighted by Crippen LogP contribution is 2.39. The molecule has 2 saturated heterocycles. The number of rotatable bonds is 16. The van der Waals surface area contributed by atoms with Crippen molar-refractivity contribution in [3.05, 3.63) is 103 Å². The van der Waals surface area contributed by atoms with Crippen molar-refractivity contribution in [1.29, 1.82) is 0 Å². The van der Waals surface area contributed by atoms with Gasteiger partial charge < -0.3 is 38.2 Å². The molecule has 3 aliphatic heterocycles. The molecular weight excluding hydrogens is 763 g/mol. The maximum atomic E-state index is 13.2. The number of benzene rings is 5. The molecular formula is C51H57N5O5. The predicted molar refractivity (Wildman–Crippen MR) is 245 cm³/mol. The lowest BCUT2D eigenvalue weighted by Crippen LogP contribution is -2.46. The Morgan fingerprint density at radius 1 is 0.590 bits per heavy atom. The number of hydrogen-bond donors (Lipinski definition) is 0. The zero-order chi connectivity index (χ0) is 41.7. The average Bonchev–Trinajstić information content (AvgIpc) is 3.88. The van der Waals surface area contributed by atoms with Gasteiger partial charge in [0.1, 0.15) is 11.5 Å². The van der Waals surface area contributed by atoms with E-state index in [1.54, 1.807) is 27.4 Å². The highest BCUT2D eigenvalue weighted by molar-refractivity contribution is 6.10. The molecule has 9 rings (SSSR count). The lowest BCUT2D eigenvalue weighted by Gasteiger charge is -2.34. The van der Waals surface area contributed by atoms with E-state index in [9.17, 15) is 4.79 Å². The number of hydrogen-bond acceptors (Lipinski definition) is 8. The Labute approximate surface area is 359 Å². The second-order valence-electron chi connectivity index (χ2n) is 16.5. The summed E-state index contributed by atoms with van der Waals surface area (Å²) in [5, 5.41) is 2.56. The van der Waals surface area contributed by atoms with Crippen LogP contribution in [0.25, 0.3) is 44.1 Å². The summed E-state index contributed by atoms with van der Waals surface area (Å²) in [5.41, 5.74) is 8.58. The molecule has 10 heteroatoms. The predicted octanol–water partition coefficient (Wildman–Crippen LogP) is 9.73. The molecule has 2 fully saturated rings. The van der Waals surface area contributed by atoms with E-state index in [0.29, 0.717) is 29.4 Å². The van der Waals surface area contributed by atoms with Crippen LogP contribution in [-0.2, 0) is 6.54 Å². The first-order chi connectivity index (χ1) is 30.0. The van der Waals surface area contributed by atoms with E-state index in [0.717, 1.165) is 102 Å². The molecule has 4 heterocycles. The van der Waals surface area contributed by atoms with Gasteiger partial charge in [-0.1, -0.05) is 36.4 Å². The highest BCUT2D eigenvalue weighted by Gasteiger charge is 2.32. The van der Waals surface area contributed by atoms with E-state index in [4.69, 9.17) is 18.9 Å². The van der Waals surface area contributed by atoms with Gasteiger partial charge in [0.15, 0.2) is 11.5 Å². The molecule has 61 heavy (non-hydrogen) atoms. The molecule has 1 aromatic heterocycles. The number of unbranched alkanes of at least 4 members (excludes halogenated alkanes) is 2. The maximum Gasteiger partial charge on any atom is 0.256 e. The fraction of sp³-hybridized carbons (Fsp3) is 0.373. The number of nitrogens with zero attached hydrogens (tertiary/aromatic N) is 5. The Kier molecular flexibility index (Phi) is 12.2. The van der Waals surface area contributed by atoms with Gasteiger partial charge in [0.25, 0.3) is 5.91 Å². The zero-order valence-corrected chi connectivity index (χ0v) is 35.8. The summed E-state index contributed by atoms with van der Waals surface area (Å²) in [6.45, 7) is 8.97. The fourth-order valence-electron chi connectivity index (χ4n) is 9.35. The average molecular weight is 820 g/mol. The molecule has 0 N–H and O–H groups in total. The van der Waals surface area contributed by atoms with Gasteiger partial charge in [-0.25, -0.2) is 0 Å². The summed E-state index contributed by atoms with van der Waals surface area (Å²) in [7, 11) is 5.04. The third-order valence-corrected chi connectivity index (χ3v) is 12.9. The van der Waals surface area contributed by atoms with Gasteiger partial charge in [-0.2, -0.15) is 0 Å². The van der Waals surface area contributed by atoms with Gasteiger partial charge >= 0.3 is 0 Å². The van der Waals surface area contributed by atoms with Gasteiger partial charge in [-0.15, -0.1) is 0 Å². The Hall–Kier alpha value is -5.84. The van der Waals surface area contributed by atoms with Crippen LogP contribution in [0.4, 0.5) is 5.69 Å². The lowest BCUT2D eigenvalue weighted by atomic mass is 10.00. The summed E-state index contributed by atoms with van der Waals surface area (Å²) in [4.78, 5) is 25.0. The smallest absolute Gasteiger partial charge is 0.256 e. The first-order valence-electron chi connectivity index (χ1n) is 22.0. The van der Waals surface area contributed by atoms with Crippen LogP contribution in [0.5, 0.6) is 23.0 Å². The maximum absolute atomic E-state index is 13.2. The summed E-state index contributed by atoms with van der Waals surface area (Å²) < 4.78 is 25.2. The third kappa shape index (κ3) is 8.70. The van der Waals surface area contributed by atoms with Gasteiger partial charge in [-0.3, -0.25) is 9.79 Å². The molecule has 0 spiro atoms. The summed E-state index contributed by atoms with van der Waals surface area (Å²) in [6.07, 6.45) is 8.20. The molecule has 6 aromatic rings. The number of amides is 1. The van der Waals surface area contributed by atoms with E-state index in [-0.39, 0.29) is 11.9 Å². The van der Waals surface area contributed by atoms with Crippen LogP contribution in [0.15, 0.2) is 102 Å². The van der Waals surface area contributed by atoms with Crippen LogP contribution < -0.4 is 18.9 Å². The van der Waals surface area contributed by atoms with Crippen molar-refractivity contribution in [3.63, 3.8) is 0 Å². The van der Waals surface area contributed by atoms with Crippen LogP contribution in [0.2, 0.25) is 0 Å². The molecule has 3 aliphatic rings. The van der Waals surface area contributed by atoms with Crippen molar-refractivity contribution in [2.45, 2.75) is 51.1 Å². The zero-order valence-electron chi connectivity index (χ0n) is 35.8. The SMILES string of the molecule is COc1ccc(-c2ccc3c(c2)c2cc(-c4ccc(OC)cc4)ccc2n3CCCCN2CCN(CCCCOc3cc4c(cc3OC)C(=O)N3CCC[C@H]3C=N4)CC2)cc1. The topological polar surface area (TPSA) is 81.0 Å². The molecule has 5 aromatic carbocycles. The summed E-state index contributed by atoms with van der Waals surface area (Å²) >= 11 is 0. The number of carbonyl (C=O) groups is 1. The second kappa shape index (κ2) is 18.4. The van der Waals surface area contributed by atoms with Crippen LogP contribution in [0.3, 0.4) is 0 Å². The number of aryl methyl sites for hydroxylation is 1. The molecule has 0 saturated carbocycles. The second-order valence-corrected chi connectivity index (χ2v) is 16.5. The van der Waals surface area contributed by atoms with Crippen molar-refractivity contribution >= 4 is 39.6 Å². The number of ether oxygens (including phenoxy) is 4. The van der Waals surface area contributed by atoms with Gasteiger partial charge in [0.2, 0.25) is 0 Å². The van der Waals surface area contributed by atoms with Gasteiger partial charge in [0.05, 0.1) is 45.2 Å². The molecule has 0 unspecified atom stereocenters. The lowest BCUT2D eigenvalue weighted by molar-refractivity contribution is 0.0774. The number of aromatic nitrogens is 1. The quantitative estimate of drug-likeness (QED) is 0.0901. The Balaban J connectivity index is 0.771. The highest BCUT2D eigenvalue weighted by atomic mass is 16.5. The Morgan fingerprint density at radius 3 is 1.72 bits per heavy atom. The standard InChI is InChI=1S/C51H57N5O5/c1-58-41-16-10-36(11-17-41)38-14-20-47-43(31-38)44-32-39(37-12-18-42(59-2)19-13-37)15-21-48(44)56(47)24-5-4-22-53-26-28-54(29-27-53)23-6-7-30-61-50-34-46-45(33-49(50)60-3)51(57)55-25-8-9-40(55)35-52-46/h10-21,31-35,40H,4-9,22-30H2,1-3H3/t40-/m0/s1. The minimum atomic E-state index is 0.0281. The molecule has 10 nitrogen and oxygen atoms in total. The molecule has 316 valence electrons. The third-order valence-electron chi connectivity index (χ3n) is 12.9.